The lowest BCUT2D eigenvalue weighted by Gasteiger charge is -2.30. The van der Waals surface area contributed by atoms with Gasteiger partial charge in [0.2, 0.25) is 0 Å². The van der Waals surface area contributed by atoms with Gasteiger partial charge in [0.15, 0.2) is 0 Å². The van der Waals surface area contributed by atoms with Crippen LogP contribution in [0.25, 0.3) is 12.2 Å². The highest BCUT2D eigenvalue weighted by atomic mass is 16.3. The van der Waals surface area contributed by atoms with E-state index in [1.54, 1.807) is 18.7 Å². The van der Waals surface area contributed by atoms with Gasteiger partial charge in [0.25, 0.3) is 0 Å². The molecule has 4 heteroatoms. The zero-order chi connectivity index (χ0) is 19.1. The van der Waals surface area contributed by atoms with Crippen molar-refractivity contribution in [3.63, 3.8) is 0 Å². The molecular weight excluding hydrogens is 324 g/mol. The number of rotatable bonds is 8. The third-order valence-corrected chi connectivity index (χ3v) is 4.49. The molecule has 2 unspecified atom stereocenters. The molecule has 0 fully saturated rings. The minimum Gasteiger partial charge on any atom is -0.374 e. The molecule has 0 amide bonds. The summed E-state index contributed by atoms with van der Waals surface area (Å²) in [6, 6.07) is 16.3. The fourth-order valence-electron chi connectivity index (χ4n) is 3.08. The monoisotopic (exact) mass is 354 g/mol. The van der Waals surface area contributed by atoms with Crippen LogP contribution < -0.4 is 9.80 Å². The van der Waals surface area contributed by atoms with E-state index < -0.39 is 12.5 Å². The summed E-state index contributed by atoms with van der Waals surface area (Å²) in [7, 11) is 0. The normalized spacial score (nSPS) is 13.6. The number of benzene rings is 2. The zero-order valence-corrected chi connectivity index (χ0v) is 16.1. The van der Waals surface area contributed by atoms with Crippen LogP contribution in [0.3, 0.4) is 0 Å². The maximum absolute atomic E-state index is 9.80. The minimum atomic E-state index is -0.749. The Hall–Kier alpha value is -2.30. The first-order chi connectivity index (χ1) is 12.5. The zero-order valence-electron chi connectivity index (χ0n) is 16.1. The Morgan fingerprint density at radius 3 is 1.46 bits per heavy atom. The number of aliphatic hydroxyl groups is 2. The predicted octanol–water partition coefficient (Wildman–Crippen LogP) is 4.19. The maximum Gasteiger partial charge on any atom is 0.126 e. The van der Waals surface area contributed by atoms with Gasteiger partial charge in [-0.1, -0.05) is 36.4 Å². The lowest BCUT2D eigenvalue weighted by Crippen LogP contribution is -2.40. The van der Waals surface area contributed by atoms with Crippen molar-refractivity contribution in [2.45, 2.75) is 40.2 Å². The Kier molecular flexibility index (Phi) is 7.25. The molecule has 0 aliphatic carbocycles. The highest BCUT2D eigenvalue weighted by Crippen LogP contribution is 2.21. The van der Waals surface area contributed by atoms with Gasteiger partial charge in [0.1, 0.15) is 12.5 Å². The minimum absolute atomic E-state index is 0.749. The van der Waals surface area contributed by atoms with Crippen molar-refractivity contribution in [2.75, 3.05) is 22.9 Å². The molecule has 0 bridgehead atoms. The van der Waals surface area contributed by atoms with Crippen molar-refractivity contribution < 1.29 is 10.2 Å². The first-order valence-corrected chi connectivity index (χ1v) is 9.23. The van der Waals surface area contributed by atoms with Crippen LogP contribution in [0.15, 0.2) is 48.5 Å². The van der Waals surface area contributed by atoms with Crippen LogP contribution in [-0.2, 0) is 0 Å². The van der Waals surface area contributed by atoms with E-state index in [4.69, 9.17) is 0 Å². The second kappa shape index (κ2) is 9.41. The third-order valence-electron chi connectivity index (χ3n) is 4.49. The molecule has 0 aliphatic rings. The van der Waals surface area contributed by atoms with Crippen molar-refractivity contribution in [3.8, 4) is 0 Å². The molecule has 0 aliphatic heterocycles. The number of hydrogen-bond donors (Lipinski definition) is 2. The summed E-state index contributed by atoms with van der Waals surface area (Å²) in [4.78, 5) is 3.88. The summed E-state index contributed by atoms with van der Waals surface area (Å²) in [5.74, 6) is 0. The van der Waals surface area contributed by atoms with Crippen LogP contribution in [-0.4, -0.2) is 35.8 Å². The summed E-state index contributed by atoms with van der Waals surface area (Å²) in [5.41, 5.74) is 4.25. The molecule has 2 atom stereocenters. The van der Waals surface area contributed by atoms with Gasteiger partial charge in [-0.15, -0.1) is 0 Å². The second-order valence-corrected chi connectivity index (χ2v) is 6.36. The smallest absolute Gasteiger partial charge is 0.126 e. The van der Waals surface area contributed by atoms with Crippen LogP contribution in [0.1, 0.15) is 38.8 Å². The lowest BCUT2D eigenvalue weighted by atomic mass is 10.1. The van der Waals surface area contributed by atoms with E-state index in [9.17, 15) is 10.2 Å². The molecule has 4 nitrogen and oxygen atoms in total. The van der Waals surface area contributed by atoms with Crippen molar-refractivity contribution >= 4 is 23.5 Å². The van der Waals surface area contributed by atoms with E-state index in [-0.39, 0.29) is 0 Å². The van der Waals surface area contributed by atoms with Crippen molar-refractivity contribution in [1.29, 1.82) is 0 Å². The Morgan fingerprint density at radius 1 is 0.731 bits per heavy atom. The van der Waals surface area contributed by atoms with Crippen LogP contribution in [0.4, 0.5) is 11.4 Å². The Morgan fingerprint density at radius 2 is 1.12 bits per heavy atom. The highest BCUT2D eigenvalue weighted by molar-refractivity contribution is 5.71. The van der Waals surface area contributed by atoms with E-state index in [2.05, 4.69) is 55.2 Å². The summed E-state index contributed by atoms with van der Waals surface area (Å²) in [5, 5.41) is 19.6. The van der Waals surface area contributed by atoms with Gasteiger partial charge in [-0.3, -0.25) is 0 Å². The summed E-state index contributed by atoms with van der Waals surface area (Å²) in [6.45, 7) is 9.63. The molecular formula is C22H30N2O2. The Bertz CT molecular complexity index is 679. The number of anilines is 2. The first kappa shape index (κ1) is 20.0. The van der Waals surface area contributed by atoms with Crippen molar-refractivity contribution in [1.82, 2.24) is 0 Å². The summed E-state index contributed by atoms with van der Waals surface area (Å²) >= 11 is 0. The van der Waals surface area contributed by atoms with Gasteiger partial charge >= 0.3 is 0 Å². The first-order valence-electron chi connectivity index (χ1n) is 9.23. The molecule has 2 rings (SSSR count). The van der Waals surface area contributed by atoms with Crippen molar-refractivity contribution in [3.05, 3.63) is 59.7 Å². The second-order valence-electron chi connectivity index (χ2n) is 6.36. The lowest BCUT2D eigenvalue weighted by molar-refractivity contribution is 0.105. The SMILES string of the molecule is CCN(CC)c1ccc(C=Cc2ccc(N(C(C)O)C(C)O)cc2)cc1. The van der Waals surface area contributed by atoms with Gasteiger partial charge in [-0.05, 0) is 63.1 Å². The van der Waals surface area contributed by atoms with Gasteiger partial charge in [0, 0.05) is 24.5 Å². The standard InChI is InChI=1S/C22H30N2O2/c1-5-23(6-2)21-13-9-19(10-14-21)7-8-20-11-15-22(16-12-20)24(17(3)25)18(4)26/h7-18,25-26H,5-6H2,1-4H3. The number of aliphatic hydroxyl groups excluding tert-OH is 2. The largest absolute Gasteiger partial charge is 0.374 e. The molecule has 2 aromatic rings. The fourth-order valence-corrected chi connectivity index (χ4v) is 3.08. The van der Waals surface area contributed by atoms with E-state index in [1.165, 1.54) is 5.69 Å². The molecule has 0 heterocycles. The molecule has 0 saturated carbocycles. The maximum atomic E-state index is 9.80. The predicted molar refractivity (Wildman–Crippen MR) is 111 cm³/mol. The molecule has 2 aromatic carbocycles. The summed E-state index contributed by atoms with van der Waals surface area (Å²) < 4.78 is 0. The van der Waals surface area contributed by atoms with Gasteiger partial charge in [0.05, 0.1) is 0 Å². The number of hydrogen-bond acceptors (Lipinski definition) is 4. The highest BCUT2D eigenvalue weighted by Gasteiger charge is 2.16. The van der Waals surface area contributed by atoms with E-state index in [0.29, 0.717) is 0 Å². The molecule has 0 aromatic heterocycles. The quantitative estimate of drug-likeness (QED) is 0.551. The fraction of sp³-hybridized carbons (Fsp3) is 0.364. The van der Waals surface area contributed by atoms with E-state index in [1.807, 2.05) is 24.3 Å². The molecule has 2 N–H and O–H groups in total. The third kappa shape index (κ3) is 5.10. The molecule has 140 valence electrons. The average Bonchev–Trinajstić information content (AvgIpc) is 2.62. The average molecular weight is 354 g/mol. The number of nitrogens with zero attached hydrogens (tertiary/aromatic N) is 2. The Labute approximate surface area is 157 Å². The van der Waals surface area contributed by atoms with Crippen LogP contribution >= 0.6 is 0 Å². The van der Waals surface area contributed by atoms with Gasteiger partial charge < -0.3 is 20.0 Å². The molecule has 0 saturated heterocycles. The van der Waals surface area contributed by atoms with Crippen LogP contribution in [0, 0.1) is 0 Å². The Balaban J connectivity index is 2.09. The summed E-state index contributed by atoms with van der Waals surface area (Å²) in [6.07, 6.45) is 2.65. The van der Waals surface area contributed by atoms with Gasteiger partial charge in [-0.2, -0.15) is 0 Å². The van der Waals surface area contributed by atoms with Crippen LogP contribution in [0.2, 0.25) is 0 Å². The van der Waals surface area contributed by atoms with Crippen LogP contribution in [0.5, 0.6) is 0 Å². The molecule has 0 radical (unpaired) electrons. The molecule has 0 spiro atoms. The van der Waals surface area contributed by atoms with E-state index in [0.717, 1.165) is 29.9 Å². The molecule has 26 heavy (non-hydrogen) atoms. The van der Waals surface area contributed by atoms with E-state index >= 15 is 0 Å². The van der Waals surface area contributed by atoms with Crippen molar-refractivity contribution in [2.24, 2.45) is 0 Å². The topological polar surface area (TPSA) is 46.9 Å². The van der Waals surface area contributed by atoms with Gasteiger partial charge in [-0.25, -0.2) is 0 Å².